The van der Waals surface area contributed by atoms with Crippen molar-refractivity contribution in [2.24, 2.45) is 0 Å². The molecule has 0 aliphatic heterocycles. The van der Waals surface area contributed by atoms with Gasteiger partial charge in [0.05, 0.1) is 16.4 Å². The van der Waals surface area contributed by atoms with Crippen molar-refractivity contribution < 1.29 is 14.6 Å². The third-order valence-electron chi connectivity index (χ3n) is 3.45. The highest BCUT2D eigenvalue weighted by Crippen LogP contribution is 2.24. The fraction of sp³-hybridized carbons (Fsp3) is 0.286. The minimum absolute atomic E-state index is 0.0227. The molecule has 0 saturated heterocycles. The Morgan fingerprint density at radius 2 is 1.88 bits per heavy atom. The molecule has 10 nitrogen and oxygen atoms in total. The molecule has 0 spiro atoms. The number of rotatable bonds is 6. The zero-order chi connectivity index (χ0) is 17.9. The molecule has 126 valence electrons. The molecule has 10 heteroatoms. The van der Waals surface area contributed by atoms with Gasteiger partial charge in [-0.1, -0.05) is 12.1 Å². The highest BCUT2D eigenvalue weighted by Gasteiger charge is 2.22. The van der Waals surface area contributed by atoms with Gasteiger partial charge in [0.1, 0.15) is 17.1 Å². The van der Waals surface area contributed by atoms with E-state index in [1.54, 1.807) is 13.0 Å². The van der Waals surface area contributed by atoms with E-state index >= 15 is 0 Å². The van der Waals surface area contributed by atoms with Crippen molar-refractivity contribution in [3.8, 4) is 0 Å². The number of aromatic nitrogens is 2. The molecule has 1 amide bonds. The van der Waals surface area contributed by atoms with Gasteiger partial charge >= 0.3 is 5.69 Å². The van der Waals surface area contributed by atoms with Gasteiger partial charge in [-0.25, -0.2) is 0 Å². The number of nitrogens with one attached hydrogen (secondary N) is 1. The molecule has 1 N–H and O–H groups in total. The third kappa shape index (κ3) is 3.54. The summed E-state index contributed by atoms with van der Waals surface area (Å²) in [4.78, 5) is 32.7. The lowest BCUT2D eigenvalue weighted by atomic mass is 10.2. The molecular weight excluding hydrogens is 318 g/mol. The maximum Gasteiger partial charge on any atom is 0.312 e. The first-order valence-electron chi connectivity index (χ1n) is 7.03. The van der Waals surface area contributed by atoms with E-state index in [2.05, 4.69) is 10.4 Å². The van der Waals surface area contributed by atoms with E-state index in [-0.39, 0.29) is 35.7 Å². The zero-order valence-electron chi connectivity index (χ0n) is 13.1. The van der Waals surface area contributed by atoms with Crippen LogP contribution in [0, 0.1) is 34.1 Å². The van der Waals surface area contributed by atoms with Gasteiger partial charge < -0.3 is 5.32 Å². The third-order valence-corrected chi connectivity index (χ3v) is 3.45. The quantitative estimate of drug-likeness (QED) is 0.637. The SMILES string of the molecule is Cc1nn(CCC(=O)Nc2ccccc2[N+](=O)[O-])c(C)c1[N+](=O)[O-]. The summed E-state index contributed by atoms with van der Waals surface area (Å²) in [5.41, 5.74) is 0.459. The Hall–Kier alpha value is -3.30. The lowest BCUT2D eigenvalue weighted by molar-refractivity contribution is -0.386. The van der Waals surface area contributed by atoms with Crippen molar-refractivity contribution in [1.82, 2.24) is 9.78 Å². The van der Waals surface area contributed by atoms with Crippen LogP contribution in [0.25, 0.3) is 0 Å². The van der Waals surface area contributed by atoms with E-state index in [4.69, 9.17) is 0 Å². The van der Waals surface area contributed by atoms with Gasteiger partial charge in [-0.3, -0.25) is 29.7 Å². The highest BCUT2D eigenvalue weighted by molar-refractivity contribution is 5.92. The second kappa shape index (κ2) is 6.86. The second-order valence-corrected chi connectivity index (χ2v) is 5.07. The smallest absolute Gasteiger partial charge is 0.312 e. The molecule has 0 saturated carbocycles. The Morgan fingerprint density at radius 3 is 2.46 bits per heavy atom. The van der Waals surface area contributed by atoms with Gasteiger partial charge in [-0.2, -0.15) is 5.10 Å². The molecule has 0 atom stereocenters. The van der Waals surface area contributed by atoms with Crippen LogP contribution in [0.5, 0.6) is 0 Å². The predicted molar refractivity (Wildman–Crippen MR) is 84.7 cm³/mol. The molecule has 1 aromatic carbocycles. The van der Waals surface area contributed by atoms with Crippen molar-refractivity contribution >= 4 is 23.0 Å². The normalized spacial score (nSPS) is 10.4. The van der Waals surface area contributed by atoms with E-state index in [9.17, 15) is 25.0 Å². The van der Waals surface area contributed by atoms with Crippen LogP contribution in [0.3, 0.4) is 0 Å². The van der Waals surface area contributed by atoms with Crippen molar-refractivity contribution in [1.29, 1.82) is 0 Å². The lowest BCUT2D eigenvalue weighted by Crippen LogP contribution is -2.16. The van der Waals surface area contributed by atoms with Gasteiger partial charge in [0.2, 0.25) is 5.91 Å². The molecule has 0 radical (unpaired) electrons. The molecule has 1 heterocycles. The summed E-state index contributed by atoms with van der Waals surface area (Å²) in [7, 11) is 0. The van der Waals surface area contributed by atoms with E-state index in [0.29, 0.717) is 5.69 Å². The summed E-state index contributed by atoms with van der Waals surface area (Å²) in [5.74, 6) is -0.445. The first-order chi connectivity index (χ1) is 11.3. The first-order valence-corrected chi connectivity index (χ1v) is 7.03. The Labute approximate surface area is 136 Å². The average Bonchev–Trinajstić information content (AvgIpc) is 2.79. The van der Waals surface area contributed by atoms with Crippen LogP contribution in [0.2, 0.25) is 0 Å². The lowest BCUT2D eigenvalue weighted by Gasteiger charge is -2.06. The van der Waals surface area contributed by atoms with E-state index in [0.717, 1.165) is 0 Å². The Kier molecular flexibility index (Phi) is 4.87. The summed E-state index contributed by atoms with van der Waals surface area (Å²) < 4.78 is 1.38. The van der Waals surface area contributed by atoms with E-state index in [1.807, 2.05) is 0 Å². The molecule has 0 aliphatic rings. The second-order valence-electron chi connectivity index (χ2n) is 5.07. The number of nitrogens with zero attached hydrogens (tertiary/aromatic N) is 4. The van der Waals surface area contributed by atoms with Gasteiger partial charge in [0.25, 0.3) is 5.69 Å². The number of carbonyl (C=O) groups is 1. The highest BCUT2D eigenvalue weighted by atomic mass is 16.6. The fourth-order valence-corrected chi connectivity index (χ4v) is 2.33. The Morgan fingerprint density at radius 1 is 1.21 bits per heavy atom. The molecule has 0 aliphatic carbocycles. The predicted octanol–water partition coefficient (Wildman–Crippen LogP) is 2.35. The Bertz CT molecular complexity index is 814. The van der Waals surface area contributed by atoms with Gasteiger partial charge in [-0.15, -0.1) is 0 Å². The number of para-hydroxylation sites is 2. The van der Waals surface area contributed by atoms with Crippen molar-refractivity contribution in [3.05, 3.63) is 55.9 Å². The van der Waals surface area contributed by atoms with E-state index < -0.39 is 15.8 Å². The zero-order valence-corrected chi connectivity index (χ0v) is 13.1. The van der Waals surface area contributed by atoms with Crippen LogP contribution >= 0.6 is 0 Å². The van der Waals surface area contributed by atoms with Gasteiger partial charge in [0, 0.05) is 12.5 Å². The number of amides is 1. The summed E-state index contributed by atoms with van der Waals surface area (Å²) in [6.07, 6.45) is -0.0227. The maximum atomic E-state index is 12.0. The number of aryl methyl sites for hydroxylation is 2. The number of nitro groups is 2. The largest absolute Gasteiger partial charge is 0.320 e. The molecule has 0 bridgehead atoms. The van der Waals surface area contributed by atoms with E-state index in [1.165, 1.54) is 29.8 Å². The van der Waals surface area contributed by atoms with Crippen molar-refractivity contribution in [2.45, 2.75) is 26.8 Å². The minimum Gasteiger partial charge on any atom is -0.320 e. The minimum atomic E-state index is -0.583. The molecule has 0 fully saturated rings. The van der Waals surface area contributed by atoms with Crippen molar-refractivity contribution in [3.63, 3.8) is 0 Å². The van der Waals surface area contributed by atoms with Crippen LogP contribution in [0.15, 0.2) is 24.3 Å². The van der Waals surface area contributed by atoms with Crippen LogP contribution in [0.4, 0.5) is 17.1 Å². The van der Waals surface area contributed by atoms with Gasteiger partial charge in [0.15, 0.2) is 0 Å². The van der Waals surface area contributed by atoms with Gasteiger partial charge in [-0.05, 0) is 19.9 Å². The molecule has 1 aromatic heterocycles. The fourth-order valence-electron chi connectivity index (χ4n) is 2.33. The van der Waals surface area contributed by atoms with Crippen LogP contribution in [0.1, 0.15) is 17.8 Å². The molecule has 2 rings (SSSR count). The number of nitro benzene ring substituents is 1. The monoisotopic (exact) mass is 333 g/mol. The number of benzene rings is 1. The molecular formula is C14H15N5O5. The number of hydrogen-bond donors (Lipinski definition) is 1. The summed E-state index contributed by atoms with van der Waals surface area (Å²) in [6, 6.07) is 5.81. The van der Waals surface area contributed by atoms with Crippen LogP contribution in [-0.2, 0) is 11.3 Å². The summed E-state index contributed by atoms with van der Waals surface area (Å²) in [6.45, 7) is 3.21. The standard InChI is InChI=1S/C14H15N5O5/c1-9-14(19(23)24)10(2)17(16-9)8-7-13(20)15-11-5-3-4-6-12(11)18(21)22/h3-6H,7-8H2,1-2H3,(H,15,20). The molecule has 24 heavy (non-hydrogen) atoms. The summed E-state index contributed by atoms with van der Waals surface area (Å²) in [5, 5.41) is 28.4. The van der Waals surface area contributed by atoms with Crippen LogP contribution < -0.4 is 5.32 Å². The number of hydrogen-bond acceptors (Lipinski definition) is 6. The topological polar surface area (TPSA) is 133 Å². The first kappa shape index (κ1) is 17.1. The van der Waals surface area contributed by atoms with Crippen molar-refractivity contribution in [2.75, 3.05) is 5.32 Å². The number of anilines is 1. The number of carbonyl (C=O) groups excluding carboxylic acids is 1. The average molecular weight is 333 g/mol. The molecule has 2 aromatic rings. The summed E-state index contributed by atoms with van der Waals surface area (Å²) >= 11 is 0. The molecule has 0 unspecified atom stereocenters. The Balaban J connectivity index is 2.06. The van der Waals surface area contributed by atoms with Crippen LogP contribution in [-0.4, -0.2) is 25.5 Å². The maximum absolute atomic E-state index is 12.0.